The van der Waals surface area contributed by atoms with E-state index in [2.05, 4.69) is 20.9 Å². The number of ether oxygens (including phenoxy) is 3. The third-order valence-electron chi connectivity index (χ3n) is 6.09. The third-order valence-corrected chi connectivity index (χ3v) is 6.09. The molecule has 1 aliphatic heterocycles. The van der Waals surface area contributed by atoms with Gasteiger partial charge in [-0.05, 0) is 23.6 Å². The number of hydrogen-bond acceptors (Lipinski definition) is 9. The number of rotatable bonds is 4. The highest BCUT2D eigenvalue weighted by Gasteiger charge is 2.28. The summed E-state index contributed by atoms with van der Waals surface area (Å²) in [6, 6.07) is 5.12. The van der Waals surface area contributed by atoms with E-state index >= 15 is 4.39 Å². The highest BCUT2D eigenvalue weighted by atomic mass is 19.1. The average Bonchev–Trinajstić information content (AvgIpc) is 3.12. The molecule has 0 spiro atoms. The average molecular weight is 508 g/mol. The van der Waals surface area contributed by atoms with Crippen molar-refractivity contribution in [1.29, 1.82) is 0 Å². The molecular weight excluding hydrogens is 486 g/mol. The summed E-state index contributed by atoms with van der Waals surface area (Å²) >= 11 is 0. The molecule has 0 radical (unpaired) electrons. The van der Waals surface area contributed by atoms with Crippen molar-refractivity contribution in [3.63, 3.8) is 0 Å². The Hall–Kier alpha value is -4.27. The minimum absolute atomic E-state index is 0.0288. The Kier molecular flexibility index (Phi) is 6.37. The smallest absolute Gasteiger partial charge is 0.318 e. The first-order valence-electron chi connectivity index (χ1n) is 11.3. The van der Waals surface area contributed by atoms with Gasteiger partial charge in [-0.3, -0.25) is 0 Å². The largest absolute Gasteiger partial charge is 0.508 e. The molecule has 1 saturated heterocycles. The molecule has 0 aliphatic carbocycles. The maximum Gasteiger partial charge on any atom is 0.318 e. The predicted octanol–water partition coefficient (Wildman–Crippen LogP) is 3.02. The lowest BCUT2D eigenvalue weighted by Gasteiger charge is -2.25. The van der Waals surface area contributed by atoms with Crippen molar-refractivity contribution >= 4 is 27.5 Å². The number of phenolic OH excluding ortho intramolecular Hbond substituents is 1. The van der Waals surface area contributed by atoms with Crippen LogP contribution in [0.1, 0.15) is 5.56 Å². The summed E-state index contributed by atoms with van der Waals surface area (Å²) in [5.74, 6) is 0.752. The highest BCUT2D eigenvalue weighted by Crippen LogP contribution is 2.41. The number of nitrogens with zero attached hydrogens (tertiary/aromatic N) is 4. The van der Waals surface area contributed by atoms with Crippen LogP contribution < -0.4 is 14.4 Å². The number of methoxy groups -OCH3 is 2. The van der Waals surface area contributed by atoms with Gasteiger partial charge in [0.1, 0.15) is 34.0 Å². The lowest BCUT2D eigenvalue weighted by atomic mass is 9.95. The molecule has 4 aromatic rings. The quantitative estimate of drug-likeness (QED) is 0.402. The zero-order chi connectivity index (χ0) is 26.3. The van der Waals surface area contributed by atoms with E-state index in [1.807, 2.05) is 0 Å². The summed E-state index contributed by atoms with van der Waals surface area (Å²) in [6.45, 7) is 0.949. The Bertz CT molecular complexity index is 1570. The van der Waals surface area contributed by atoms with Crippen molar-refractivity contribution < 1.29 is 33.2 Å². The number of phenols is 1. The van der Waals surface area contributed by atoms with Gasteiger partial charge < -0.3 is 29.3 Å². The molecule has 0 bridgehead atoms. The number of aromatic hydroxyl groups is 1. The molecule has 11 heteroatoms. The topological polar surface area (TPSA) is 110 Å². The van der Waals surface area contributed by atoms with Crippen molar-refractivity contribution in [2.24, 2.45) is 0 Å². The van der Waals surface area contributed by atoms with Crippen molar-refractivity contribution in [2.75, 3.05) is 45.4 Å². The van der Waals surface area contributed by atoms with Gasteiger partial charge in [0.2, 0.25) is 5.88 Å². The van der Waals surface area contributed by atoms with E-state index in [9.17, 15) is 14.6 Å². The molecule has 2 aromatic carbocycles. The first-order chi connectivity index (χ1) is 17.9. The van der Waals surface area contributed by atoms with Gasteiger partial charge in [-0.15, -0.1) is 6.42 Å². The van der Waals surface area contributed by atoms with Gasteiger partial charge in [0.05, 0.1) is 39.1 Å². The monoisotopic (exact) mass is 508 g/mol. The molecule has 2 N–H and O–H groups in total. The molecule has 5 rings (SSSR count). The lowest BCUT2D eigenvalue weighted by Crippen LogP contribution is -2.33. The van der Waals surface area contributed by atoms with Gasteiger partial charge in [-0.25, -0.2) is 13.8 Å². The molecule has 1 atom stereocenters. The van der Waals surface area contributed by atoms with Crippen LogP contribution in [0.3, 0.4) is 0 Å². The van der Waals surface area contributed by atoms with E-state index in [1.165, 1.54) is 38.5 Å². The molecule has 1 fully saturated rings. The Morgan fingerprint density at radius 2 is 1.95 bits per heavy atom. The van der Waals surface area contributed by atoms with E-state index in [1.54, 1.807) is 4.90 Å². The molecular formula is C26H22F2N4O5. The van der Waals surface area contributed by atoms with Gasteiger partial charge in [0.25, 0.3) is 0 Å². The number of terminal acetylenes is 1. The summed E-state index contributed by atoms with van der Waals surface area (Å²) in [5, 5.41) is 21.4. The molecule has 9 nitrogen and oxygen atoms in total. The van der Waals surface area contributed by atoms with Crippen molar-refractivity contribution in [2.45, 2.75) is 6.10 Å². The maximum atomic E-state index is 16.3. The number of aromatic nitrogens is 3. The number of anilines is 1. The molecule has 1 unspecified atom stereocenters. The van der Waals surface area contributed by atoms with Gasteiger partial charge in [0.15, 0.2) is 5.82 Å². The van der Waals surface area contributed by atoms with Crippen LogP contribution in [0, 0.1) is 24.0 Å². The van der Waals surface area contributed by atoms with Gasteiger partial charge in [-0.1, -0.05) is 12.0 Å². The SMILES string of the molecule is C#Cc1c(F)ccc2cc(O)cc(-c3nc(OC)c4c(N5CCOCC(O)C5)nc(OC)nc4c3F)c12. The second-order valence-electron chi connectivity index (χ2n) is 8.37. The molecule has 37 heavy (non-hydrogen) atoms. The van der Waals surface area contributed by atoms with E-state index in [0.29, 0.717) is 18.5 Å². The number of β-amino-alcohol motifs (C(OH)–C–C–N with tert-alkyl or cyclic N) is 1. The lowest BCUT2D eigenvalue weighted by molar-refractivity contribution is 0.0597. The summed E-state index contributed by atoms with van der Waals surface area (Å²) < 4.78 is 47.1. The van der Waals surface area contributed by atoms with Crippen LogP contribution in [0.2, 0.25) is 0 Å². The minimum Gasteiger partial charge on any atom is -0.508 e. The summed E-state index contributed by atoms with van der Waals surface area (Å²) in [7, 11) is 2.69. The molecule has 1 aliphatic rings. The second kappa shape index (κ2) is 9.65. The Labute approximate surface area is 210 Å². The third kappa shape index (κ3) is 4.20. The number of hydrogen-bond donors (Lipinski definition) is 2. The van der Waals surface area contributed by atoms with Crippen molar-refractivity contribution in [3.8, 4) is 41.2 Å². The van der Waals surface area contributed by atoms with Crippen LogP contribution in [0.4, 0.5) is 14.6 Å². The predicted molar refractivity (Wildman–Crippen MR) is 132 cm³/mol. The fourth-order valence-electron chi connectivity index (χ4n) is 4.49. The second-order valence-corrected chi connectivity index (χ2v) is 8.37. The Balaban J connectivity index is 1.86. The number of aliphatic hydroxyl groups excluding tert-OH is 1. The Morgan fingerprint density at radius 1 is 1.14 bits per heavy atom. The number of halogens is 2. The molecule has 190 valence electrons. The zero-order valence-electron chi connectivity index (χ0n) is 20.0. The fourth-order valence-corrected chi connectivity index (χ4v) is 4.49. The standard InChI is InChI=1S/C26H22F2N4O5/c1-4-16-18(27)6-5-13-9-14(33)10-17(19(13)16)22-21(28)23-20(25(29-22)35-2)24(31-26(30-23)36-3)32-7-8-37-12-15(34)11-32/h1,5-6,9-10,15,33-34H,7-8,11-12H2,2-3H3. The summed E-state index contributed by atoms with van der Waals surface area (Å²) in [6.07, 6.45) is 4.78. The van der Waals surface area contributed by atoms with Crippen LogP contribution in [0.5, 0.6) is 17.6 Å². The van der Waals surface area contributed by atoms with Gasteiger partial charge in [-0.2, -0.15) is 9.97 Å². The van der Waals surface area contributed by atoms with Crippen LogP contribution in [-0.4, -0.2) is 71.8 Å². The van der Waals surface area contributed by atoms with Crippen molar-refractivity contribution in [3.05, 3.63) is 41.5 Å². The van der Waals surface area contributed by atoms with E-state index < -0.39 is 17.7 Å². The first kappa shape index (κ1) is 24.4. The number of pyridine rings is 1. The van der Waals surface area contributed by atoms with Crippen LogP contribution in [0.15, 0.2) is 24.3 Å². The molecule has 3 heterocycles. The Morgan fingerprint density at radius 3 is 2.68 bits per heavy atom. The van der Waals surface area contributed by atoms with Gasteiger partial charge in [0, 0.05) is 24.0 Å². The zero-order valence-corrected chi connectivity index (χ0v) is 20.0. The van der Waals surface area contributed by atoms with Crippen LogP contribution >= 0.6 is 0 Å². The summed E-state index contributed by atoms with van der Waals surface area (Å²) in [5.41, 5.74) is -0.498. The van der Waals surface area contributed by atoms with Gasteiger partial charge >= 0.3 is 6.01 Å². The molecule has 0 amide bonds. The normalized spacial score (nSPS) is 16.0. The van der Waals surface area contributed by atoms with E-state index in [-0.39, 0.29) is 69.7 Å². The van der Waals surface area contributed by atoms with E-state index in [4.69, 9.17) is 20.6 Å². The number of benzene rings is 2. The van der Waals surface area contributed by atoms with E-state index in [0.717, 1.165) is 0 Å². The summed E-state index contributed by atoms with van der Waals surface area (Å²) in [4.78, 5) is 14.7. The molecule has 0 saturated carbocycles. The maximum absolute atomic E-state index is 16.3. The first-order valence-corrected chi connectivity index (χ1v) is 11.3. The highest BCUT2D eigenvalue weighted by molar-refractivity contribution is 6.04. The minimum atomic E-state index is -0.886. The number of fused-ring (bicyclic) bond motifs is 2. The number of aliphatic hydroxyl groups is 1. The fraction of sp³-hybridized carbons (Fsp3) is 0.269. The molecule has 2 aromatic heterocycles. The van der Waals surface area contributed by atoms with Crippen LogP contribution in [0.25, 0.3) is 32.9 Å². The van der Waals surface area contributed by atoms with Crippen LogP contribution in [-0.2, 0) is 4.74 Å². The van der Waals surface area contributed by atoms with Crippen molar-refractivity contribution in [1.82, 2.24) is 15.0 Å².